The van der Waals surface area contributed by atoms with Crippen LogP contribution in [0.5, 0.6) is 5.75 Å². The Labute approximate surface area is 80.1 Å². The molecule has 1 heterocycles. The van der Waals surface area contributed by atoms with Gasteiger partial charge in [-0.2, -0.15) is 0 Å². The number of hydrogen-bond acceptors (Lipinski definition) is 3. The summed E-state index contributed by atoms with van der Waals surface area (Å²) in [6.45, 7) is 1.86. The van der Waals surface area contributed by atoms with E-state index < -0.39 is 0 Å². The third-order valence-electron chi connectivity index (χ3n) is 2.15. The number of thiophene rings is 1. The molecule has 68 valence electrons. The molecule has 1 aromatic carbocycles. The Morgan fingerprint density at radius 3 is 2.92 bits per heavy atom. The van der Waals surface area contributed by atoms with Crippen molar-refractivity contribution in [2.45, 2.75) is 13.5 Å². The molecule has 2 nitrogen and oxygen atoms in total. The highest BCUT2D eigenvalue weighted by molar-refractivity contribution is 7.17. The van der Waals surface area contributed by atoms with Gasteiger partial charge in [0, 0.05) is 10.1 Å². The van der Waals surface area contributed by atoms with E-state index >= 15 is 0 Å². The summed E-state index contributed by atoms with van der Waals surface area (Å²) in [5.74, 6) is 0.327. The highest BCUT2D eigenvalue weighted by Crippen LogP contribution is 2.34. The largest absolute Gasteiger partial charge is 0.507 e. The Morgan fingerprint density at radius 2 is 2.23 bits per heavy atom. The maximum absolute atomic E-state index is 9.69. The number of aliphatic hydroxyl groups excluding tert-OH is 1. The molecule has 0 aliphatic heterocycles. The molecule has 1 aromatic heterocycles. The molecular weight excluding hydrogens is 184 g/mol. The van der Waals surface area contributed by atoms with Gasteiger partial charge in [0.1, 0.15) is 5.75 Å². The first kappa shape index (κ1) is 8.53. The van der Waals surface area contributed by atoms with Gasteiger partial charge >= 0.3 is 0 Å². The molecule has 0 fully saturated rings. The van der Waals surface area contributed by atoms with Crippen molar-refractivity contribution < 1.29 is 10.2 Å². The van der Waals surface area contributed by atoms with Crippen molar-refractivity contribution in [1.82, 2.24) is 0 Å². The normalized spacial score (nSPS) is 10.9. The van der Waals surface area contributed by atoms with E-state index in [4.69, 9.17) is 5.11 Å². The van der Waals surface area contributed by atoms with Gasteiger partial charge in [0.25, 0.3) is 0 Å². The minimum absolute atomic E-state index is 0.0259. The zero-order valence-corrected chi connectivity index (χ0v) is 8.06. The van der Waals surface area contributed by atoms with E-state index in [0.29, 0.717) is 5.75 Å². The van der Waals surface area contributed by atoms with Crippen LogP contribution in [0.1, 0.15) is 11.1 Å². The van der Waals surface area contributed by atoms with Crippen LogP contribution in [0.15, 0.2) is 17.5 Å². The monoisotopic (exact) mass is 194 g/mol. The molecule has 0 amide bonds. The molecule has 13 heavy (non-hydrogen) atoms. The average molecular weight is 194 g/mol. The Morgan fingerprint density at radius 1 is 1.46 bits per heavy atom. The maximum atomic E-state index is 9.69. The van der Waals surface area contributed by atoms with Crippen LogP contribution < -0.4 is 0 Å². The number of aromatic hydroxyl groups is 1. The fourth-order valence-electron chi connectivity index (χ4n) is 1.47. The fourth-order valence-corrected chi connectivity index (χ4v) is 2.38. The van der Waals surface area contributed by atoms with Crippen molar-refractivity contribution >= 4 is 21.4 Å². The molecule has 2 rings (SSSR count). The third kappa shape index (κ3) is 1.20. The minimum Gasteiger partial charge on any atom is -0.507 e. The van der Waals surface area contributed by atoms with Crippen molar-refractivity contribution in [1.29, 1.82) is 0 Å². The first-order valence-corrected chi connectivity index (χ1v) is 4.91. The van der Waals surface area contributed by atoms with Gasteiger partial charge in [0.15, 0.2) is 0 Å². The summed E-state index contributed by atoms with van der Waals surface area (Å²) in [6.07, 6.45) is 0. The van der Waals surface area contributed by atoms with E-state index in [-0.39, 0.29) is 6.61 Å². The summed E-state index contributed by atoms with van der Waals surface area (Å²) >= 11 is 1.54. The smallest absolute Gasteiger partial charge is 0.127 e. The van der Waals surface area contributed by atoms with Crippen molar-refractivity contribution in [2.24, 2.45) is 0 Å². The third-order valence-corrected chi connectivity index (χ3v) is 3.14. The van der Waals surface area contributed by atoms with Gasteiger partial charge in [-0.15, -0.1) is 11.3 Å². The SMILES string of the molecule is Cc1cc(CO)c2sccc2c1O. The molecule has 0 saturated heterocycles. The van der Waals surface area contributed by atoms with E-state index in [1.807, 2.05) is 24.4 Å². The molecule has 0 unspecified atom stereocenters. The predicted molar refractivity (Wildman–Crippen MR) is 54.1 cm³/mol. The zero-order valence-electron chi connectivity index (χ0n) is 7.24. The number of aliphatic hydroxyl groups is 1. The molecule has 3 heteroatoms. The molecule has 0 bridgehead atoms. The van der Waals surface area contributed by atoms with E-state index in [9.17, 15) is 5.11 Å². The molecule has 2 N–H and O–H groups in total. The van der Waals surface area contributed by atoms with E-state index in [2.05, 4.69) is 0 Å². The predicted octanol–water partition coefficient (Wildman–Crippen LogP) is 2.41. The van der Waals surface area contributed by atoms with Gasteiger partial charge in [0.05, 0.1) is 6.61 Å². The van der Waals surface area contributed by atoms with Gasteiger partial charge in [-0.25, -0.2) is 0 Å². The Hall–Kier alpha value is -1.06. The van der Waals surface area contributed by atoms with Gasteiger partial charge in [0.2, 0.25) is 0 Å². The van der Waals surface area contributed by atoms with E-state index in [1.165, 1.54) is 0 Å². The lowest BCUT2D eigenvalue weighted by atomic mass is 10.1. The average Bonchev–Trinajstić information content (AvgIpc) is 2.60. The van der Waals surface area contributed by atoms with Gasteiger partial charge in [-0.3, -0.25) is 0 Å². The van der Waals surface area contributed by atoms with Crippen molar-refractivity contribution in [2.75, 3.05) is 0 Å². The van der Waals surface area contributed by atoms with Gasteiger partial charge in [-0.05, 0) is 35.6 Å². The number of rotatable bonds is 1. The number of hydrogen-bond donors (Lipinski definition) is 2. The molecule has 0 atom stereocenters. The minimum atomic E-state index is 0.0259. The van der Waals surface area contributed by atoms with Crippen molar-refractivity contribution in [3.63, 3.8) is 0 Å². The summed E-state index contributed by atoms with van der Waals surface area (Å²) in [7, 11) is 0. The topological polar surface area (TPSA) is 40.5 Å². The van der Waals surface area contributed by atoms with E-state index in [1.54, 1.807) is 11.3 Å². The Bertz CT molecular complexity index is 445. The number of fused-ring (bicyclic) bond motifs is 1. The van der Waals surface area contributed by atoms with Crippen LogP contribution in [-0.2, 0) is 6.61 Å². The second-order valence-electron chi connectivity index (χ2n) is 3.02. The van der Waals surface area contributed by atoms with Crippen LogP contribution in [0.25, 0.3) is 10.1 Å². The standard InChI is InChI=1S/C10H10O2S/c1-6-4-7(5-11)10-8(9(6)12)2-3-13-10/h2-4,11-12H,5H2,1H3. The quantitative estimate of drug-likeness (QED) is 0.731. The van der Waals surface area contributed by atoms with Crippen LogP contribution >= 0.6 is 11.3 Å². The lowest BCUT2D eigenvalue weighted by molar-refractivity contribution is 0.283. The highest BCUT2D eigenvalue weighted by Gasteiger charge is 2.08. The molecule has 0 spiro atoms. The first-order valence-electron chi connectivity index (χ1n) is 4.03. The molecule has 2 aromatic rings. The number of phenolic OH excluding ortho intramolecular Hbond substituents is 1. The van der Waals surface area contributed by atoms with Crippen LogP contribution in [-0.4, -0.2) is 10.2 Å². The number of benzene rings is 1. The van der Waals surface area contributed by atoms with Crippen molar-refractivity contribution in [3.8, 4) is 5.75 Å². The summed E-state index contributed by atoms with van der Waals surface area (Å²) in [6, 6.07) is 3.70. The van der Waals surface area contributed by atoms with Crippen LogP contribution in [0, 0.1) is 6.92 Å². The second-order valence-corrected chi connectivity index (χ2v) is 3.94. The molecular formula is C10H10O2S. The van der Waals surface area contributed by atoms with Gasteiger partial charge < -0.3 is 10.2 Å². The summed E-state index contributed by atoms with van der Waals surface area (Å²) in [4.78, 5) is 0. The Balaban J connectivity index is 2.87. The molecule has 0 aliphatic carbocycles. The zero-order chi connectivity index (χ0) is 9.42. The lowest BCUT2D eigenvalue weighted by Crippen LogP contribution is -1.85. The summed E-state index contributed by atoms with van der Waals surface area (Å²) in [5, 5.41) is 21.5. The fraction of sp³-hybridized carbons (Fsp3) is 0.200. The van der Waals surface area contributed by atoms with E-state index in [0.717, 1.165) is 21.2 Å². The van der Waals surface area contributed by atoms with Crippen LogP contribution in [0.2, 0.25) is 0 Å². The molecule has 0 aliphatic rings. The maximum Gasteiger partial charge on any atom is 0.127 e. The molecule has 0 radical (unpaired) electrons. The van der Waals surface area contributed by atoms with Crippen LogP contribution in [0.3, 0.4) is 0 Å². The molecule has 0 saturated carbocycles. The highest BCUT2D eigenvalue weighted by atomic mass is 32.1. The number of phenols is 1. The first-order chi connectivity index (χ1) is 6.24. The Kier molecular flexibility index (Phi) is 1.98. The summed E-state index contributed by atoms with van der Waals surface area (Å²) in [5.41, 5.74) is 1.70. The van der Waals surface area contributed by atoms with Crippen molar-refractivity contribution in [3.05, 3.63) is 28.6 Å². The summed E-state index contributed by atoms with van der Waals surface area (Å²) < 4.78 is 0.977. The second kappa shape index (κ2) is 3.01. The van der Waals surface area contributed by atoms with Crippen LogP contribution in [0.4, 0.5) is 0 Å². The van der Waals surface area contributed by atoms with Gasteiger partial charge in [-0.1, -0.05) is 0 Å². The lowest BCUT2D eigenvalue weighted by Gasteiger charge is -2.04. The number of aryl methyl sites for hydroxylation is 1.